The van der Waals surface area contributed by atoms with Crippen LogP contribution in [-0.4, -0.2) is 54.4 Å². The Bertz CT molecular complexity index is 552. The van der Waals surface area contributed by atoms with Gasteiger partial charge in [0.05, 0.1) is 12.3 Å². The molecule has 0 bridgehead atoms. The summed E-state index contributed by atoms with van der Waals surface area (Å²) in [6.45, 7) is 6.42. The highest BCUT2D eigenvalue weighted by molar-refractivity contribution is 5.95. The SMILES string of the molecule is CCCOc1ccc(C(=O)N2CCN(C(C)=O)CC2)cc1N. The fraction of sp³-hybridized carbons (Fsp3) is 0.500. The molecule has 0 aliphatic carbocycles. The zero-order valence-electron chi connectivity index (χ0n) is 13.2. The van der Waals surface area contributed by atoms with Crippen molar-refractivity contribution in [1.82, 2.24) is 9.80 Å². The van der Waals surface area contributed by atoms with Gasteiger partial charge in [-0.25, -0.2) is 0 Å². The van der Waals surface area contributed by atoms with Crippen molar-refractivity contribution in [1.29, 1.82) is 0 Å². The summed E-state index contributed by atoms with van der Waals surface area (Å²) in [5.74, 6) is 0.602. The number of amides is 2. The molecule has 0 spiro atoms. The quantitative estimate of drug-likeness (QED) is 0.852. The maximum atomic E-state index is 12.5. The molecule has 1 fully saturated rings. The van der Waals surface area contributed by atoms with Gasteiger partial charge in [-0.1, -0.05) is 6.92 Å². The van der Waals surface area contributed by atoms with Gasteiger partial charge < -0.3 is 20.3 Å². The zero-order chi connectivity index (χ0) is 16.1. The predicted molar refractivity (Wildman–Crippen MR) is 84.8 cm³/mol. The predicted octanol–water partition coefficient (Wildman–Crippen LogP) is 1.36. The maximum absolute atomic E-state index is 12.5. The smallest absolute Gasteiger partial charge is 0.254 e. The van der Waals surface area contributed by atoms with Crippen molar-refractivity contribution in [3.8, 4) is 5.75 Å². The molecule has 1 heterocycles. The molecule has 1 aromatic carbocycles. The van der Waals surface area contributed by atoms with Crippen LogP contribution in [0.4, 0.5) is 5.69 Å². The molecule has 0 saturated carbocycles. The van der Waals surface area contributed by atoms with Crippen molar-refractivity contribution in [3.05, 3.63) is 23.8 Å². The highest BCUT2D eigenvalue weighted by atomic mass is 16.5. The number of carbonyl (C=O) groups is 2. The van der Waals surface area contributed by atoms with Crippen LogP contribution in [0.2, 0.25) is 0 Å². The van der Waals surface area contributed by atoms with Crippen molar-refractivity contribution in [2.24, 2.45) is 0 Å². The first-order chi connectivity index (χ1) is 10.5. The Balaban J connectivity index is 2.01. The van der Waals surface area contributed by atoms with Crippen LogP contribution in [0.25, 0.3) is 0 Å². The highest BCUT2D eigenvalue weighted by Gasteiger charge is 2.23. The van der Waals surface area contributed by atoms with Crippen LogP contribution in [0.5, 0.6) is 5.75 Å². The van der Waals surface area contributed by atoms with Crippen LogP contribution >= 0.6 is 0 Å². The zero-order valence-corrected chi connectivity index (χ0v) is 13.2. The summed E-state index contributed by atoms with van der Waals surface area (Å²) in [7, 11) is 0. The number of hydrogen-bond acceptors (Lipinski definition) is 4. The summed E-state index contributed by atoms with van der Waals surface area (Å²) in [5, 5.41) is 0. The van der Waals surface area contributed by atoms with Gasteiger partial charge in [0.2, 0.25) is 5.91 Å². The molecular formula is C16H23N3O3. The topological polar surface area (TPSA) is 75.9 Å². The van der Waals surface area contributed by atoms with Crippen molar-refractivity contribution < 1.29 is 14.3 Å². The minimum atomic E-state index is -0.0584. The maximum Gasteiger partial charge on any atom is 0.254 e. The summed E-state index contributed by atoms with van der Waals surface area (Å²) in [6.07, 6.45) is 0.903. The van der Waals surface area contributed by atoms with Gasteiger partial charge in [-0.15, -0.1) is 0 Å². The van der Waals surface area contributed by atoms with E-state index in [1.165, 1.54) is 0 Å². The van der Waals surface area contributed by atoms with Crippen molar-refractivity contribution >= 4 is 17.5 Å². The number of nitrogens with two attached hydrogens (primary N) is 1. The molecule has 2 N–H and O–H groups in total. The van der Waals surface area contributed by atoms with E-state index in [9.17, 15) is 9.59 Å². The Morgan fingerprint density at radius 3 is 2.36 bits per heavy atom. The summed E-state index contributed by atoms with van der Waals surface area (Å²) < 4.78 is 5.51. The first-order valence-electron chi connectivity index (χ1n) is 7.60. The van der Waals surface area contributed by atoms with Gasteiger partial charge in [0.25, 0.3) is 5.91 Å². The van der Waals surface area contributed by atoms with E-state index in [4.69, 9.17) is 10.5 Å². The summed E-state index contributed by atoms with van der Waals surface area (Å²) in [5.41, 5.74) is 6.97. The molecule has 1 aliphatic rings. The first-order valence-corrected chi connectivity index (χ1v) is 7.60. The monoisotopic (exact) mass is 305 g/mol. The minimum Gasteiger partial charge on any atom is -0.491 e. The number of carbonyl (C=O) groups excluding carboxylic acids is 2. The highest BCUT2D eigenvalue weighted by Crippen LogP contribution is 2.23. The Labute approximate surface area is 130 Å². The van der Waals surface area contributed by atoms with Crippen LogP contribution < -0.4 is 10.5 Å². The Hall–Kier alpha value is -2.24. The second-order valence-electron chi connectivity index (χ2n) is 5.40. The lowest BCUT2D eigenvalue weighted by atomic mass is 10.1. The van der Waals surface area contributed by atoms with E-state index >= 15 is 0 Å². The average molecular weight is 305 g/mol. The van der Waals surface area contributed by atoms with Crippen LogP contribution in [0, 0.1) is 0 Å². The van der Waals surface area contributed by atoms with Crippen LogP contribution in [-0.2, 0) is 4.79 Å². The van der Waals surface area contributed by atoms with Gasteiger partial charge in [0.1, 0.15) is 5.75 Å². The normalized spacial score (nSPS) is 14.8. The van der Waals surface area contributed by atoms with E-state index in [0.29, 0.717) is 49.8 Å². The van der Waals surface area contributed by atoms with Gasteiger partial charge >= 0.3 is 0 Å². The minimum absolute atomic E-state index is 0.0498. The summed E-state index contributed by atoms with van der Waals surface area (Å²) in [4.78, 5) is 27.3. The van der Waals surface area contributed by atoms with Crippen molar-refractivity contribution in [3.63, 3.8) is 0 Å². The number of rotatable bonds is 4. The van der Waals surface area contributed by atoms with Crippen molar-refractivity contribution in [2.75, 3.05) is 38.5 Å². The van der Waals surface area contributed by atoms with Gasteiger partial charge in [-0.3, -0.25) is 9.59 Å². The third-order valence-electron chi connectivity index (χ3n) is 3.73. The molecule has 1 saturated heterocycles. The number of hydrogen-bond donors (Lipinski definition) is 1. The molecular weight excluding hydrogens is 282 g/mol. The lowest BCUT2D eigenvalue weighted by molar-refractivity contribution is -0.130. The number of benzene rings is 1. The van der Waals surface area contributed by atoms with E-state index in [1.807, 2.05) is 6.92 Å². The lowest BCUT2D eigenvalue weighted by Crippen LogP contribution is -2.50. The fourth-order valence-electron chi connectivity index (χ4n) is 2.43. The molecule has 22 heavy (non-hydrogen) atoms. The second kappa shape index (κ2) is 7.15. The van der Waals surface area contributed by atoms with E-state index in [2.05, 4.69) is 0 Å². The molecule has 2 rings (SSSR count). The Morgan fingerprint density at radius 2 is 1.82 bits per heavy atom. The molecule has 2 amide bonds. The van der Waals surface area contributed by atoms with E-state index < -0.39 is 0 Å². The summed E-state index contributed by atoms with van der Waals surface area (Å²) in [6, 6.07) is 5.13. The number of ether oxygens (including phenoxy) is 1. The summed E-state index contributed by atoms with van der Waals surface area (Å²) >= 11 is 0. The molecule has 1 aromatic rings. The van der Waals surface area contributed by atoms with Crippen LogP contribution in [0.1, 0.15) is 30.6 Å². The molecule has 0 atom stereocenters. The third-order valence-corrected chi connectivity index (χ3v) is 3.73. The third kappa shape index (κ3) is 3.69. The molecule has 0 unspecified atom stereocenters. The number of nitrogens with zero attached hydrogens (tertiary/aromatic N) is 2. The van der Waals surface area contributed by atoms with Crippen molar-refractivity contribution in [2.45, 2.75) is 20.3 Å². The van der Waals surface area contributed by atoms with Gasteiger partial charge in [-0.2, -0.15) is 0 Å². The molecule has 120 valence electrons. The molecule has 0 radical (unpaired) electrons. The molecule has 1 aliphatic heterocycles. The van der Waals surface area contributed by atoms with Crippen LogP contribution in [0.3, 0.4) is 0 Å². The lowest BCUT2D eigenvalue weighted by Gasteiger charge is -2.34. The van der Waals surface area contributed by atoms with E-state index in [0.717, 1.165) is 6.42 Å². The van der Waals surface area contributed by atoms with E-state index in [-0.39, 0.29) is 11.8 Å². The number of piperazine rings is 1. The van der Waals surface area contributed by atoms with Gasteiger partial charge in [0, 0.05) is 38.7 Å². The van der Waals surface area contributed by atoms with Gasteiger partial charge in [0.15, 0.2) is 0 Å². The molecule has 0 aromatic heterocycles. The molecule has 6 nitrogen and oxygen atoms in total. The average Bonchev–Trinajstić information content (AvgIpc) is 2.53. The first kappa shape index (κ1) is 16.1. The van der Waals surface area contributed by atoms with E-state index in [1.54, 1.807) is 34.9 Å². The second-order valence-corrected chi connectivity index (χ2v) is 5.40. The van der Waals surface area contributed by atoms with Gasteiger partial charge in [-0.05, 0) is 24.6 Å². The fourth-order valence-corrected chi connectivity index (χ4v) is 2.43. The number of anilines is 1. The van der Waals surface area contributed by atoms with Crippen LogP contribution in [0.15, 0.2) is 18.2 Å². The standard InChI is InChI=1S/C16H23N3O3/c1-3-10-22-15-5-4-13(11-14(15)17)16(21)19-8-6-18(7-9-19)12(2)20/h4-5,11H,3,6-10,17H2,1-2H3. The number of nitrogen functional groups attached to an aromatic ring is 1. The largest absolute Gasteiger partial charge is 0.491 e. The Kier molecular flexibility index (Phi) is 5.25. The molecule has 6 heteroatoms. The Morgan fingerprint density at radius 1 is 1.18 bits per heavy atom.